The van der Waals surface area contributed by atoms with Gasteiger partial charge in [0.2, 0.25) is 0 Å². The molecular weight excluding hydrogens is 294 g/mol. The number of nitrogens with zero attached hydrogens (tertiary/aromatic N) is 2. The Bertz CT molecular complexity index is 629. The molecule has 6 nitrogen and oxygen atoms in total. The van der Waals surface area contributed by atoms with Crippen molar-refractivity contribution in [3.8, 4) is 0 Å². The molecule has 0 bridgehead atoms. The highest BCUT2D eigenvalue weighted by molar-refractivity contribution is 6.06. The summed E-state index contributed by atoms with van der Waals surface area (Å²) in [5, 5.41) is 12.9. The van der Waals surface area contributed by atoms with E-state index in [4.69, 9.17) is 0 Å². The van der Waals surface area contributed by atoms with Crippen molar-refractivity contribution in [2.75, 3.05) is 19.6 Å². The third kappa shape index (κ3) is 3.23. The number of β-amino-alcohol motifs (C(OH)–C–C–N with tert-alkyl or cyclic N) is 1. The molecule has 1 saturated heterocycles. The molecule has 2 N–H and O–H groups in total. The summed E-state index contributed by atoms with van der Waals surface area (Å²) in [6.07, 6.45) is 0.211. The smallest absolute Gasteiger partial charge is 0.325 e. The number of carbonyl (C=O) groups excluding carboxylic acids is 2. The van der Waals surface area contributed by atoms with E-state index in [0.717, 1.165) is 24.4 Å². The Morgan fingerprint density at radius 1 is 1.22 bits per heavy atom. The van der Waals surface area contributed by atoms with Gasteiger partial charge in [-0.2, -0.15) is 0 Å². The van der Waals surface area contributed by atoms with Crippen molar-refractivity contribution < 1.29 is 14.7 Å². The number of aliphatic hydroxyl groups excluding tert-OH is 1. The van der Waals surface area contributed by atoms with E-state index in [1.807, 2.05) is 12.1 Å². The van der Waals surface area contributed by atoms with Crippen LogP contribution in [0.15, 0.2) is 24.3 Å². The van der Waals surface area contributed by atoms with Crippen molar-refractivity contribution in [1.29, 1.82) is 0 Å². The first kappa shape index (κ1) is 16.0. The molecule has 3 rings (SSSR count). The second-order valence-electron chi connectivity index (χ2n) is 6.88. The fourth-order valence-electron chi connectivity index (χ4n) is 3.26. The van der Waals surface area contributed by atoms with Crippen LogP contribution in [-0.2, 0) is 17.8 Å². The lowest BCUT2D eigenvalue weighted by Gasteiger charge is -2.31. The third-order valence-electron chi connectivity index (χ3n) is 4.52. The molecule has 1 aromatic rings. The molecule has 124 valence electrons. The Morgan fingerprint density at radius 3 is 2.57 bits per heavy atom. The molecule has 2 aliphatic rings. The average molecular weight is 317 g/mol. The molecule has 3 amide bonds. The molecule has 0 aliphatic carbocycles. The number of hydrogen-bond donors (Lipinski definition) is 2. The topological polar surface area (TPSA) is 72.9 Å². The maximum Gasteiger partial charge on any atom is 0.325 e. The molecule has 0 aromatic heterocycles. The largest absolute Gasteiger partial charge is 0.390 e. The minimum atomic E-state index is -0.888. The van der Waals surface area contributed by atoms with Crippen molar-refractivity contribution in [2.45, 2.75) is 38.5 Å². The van der Waals surface area contributed by atoms with Gasteiger partial charge in [-0.1, -0.05) is 24.3 Å². The summed E-state index contributed by atoms with van der Waals surface area (Å²) in [6.45, 7) is 5.49. The summed E-state index contributed by atoms with van der Waals surface area (Å²) in [5.41, 5.74) is 1.75. The highest BCUT2D eigenvalue weighted by Crippen LogP contribution is 2.20. The van der Waals surface area contributed by atoms with Crippen LogP contribution >= 0.6 is 0 Å². The first-order valence-electron chi connectivity index (χ1n) is 7.98. The zero-order valence-electron chi connectivity index (χ0n) is 13.6. The van der Waals surface area contributed by atoms with Gasteiger partial charge in [0.25, 0.3) is 5.91 Å². The SMILES string of the molecule is CC1(C)NC(=O)N(C[C@@H](O)CN2CCc3ccccc3C2)C1=O. The minimum Gasteiger partial charge on any atom is -0.390 e. The van der Waals surface area contributed by atoms with Gasteiger partial charge in [0, 0.05) is 19.6 Å². The number of amides is 3. The van der Waals surface area contributed by atoms with E-state index in [1.165, 1.54) is 11.1 Å². The summed E-state index contributed by atoms with van der Waals surface area (Å²) in [5.74, 6) is -0.287. The molecule has 0 saturated carbocycles. The van der Waals surface area contributed by atoms with Gasteiger partial charge in [-0.3, -0.25) is 14.6 Å². The van der Waals surface area contributed by atoms with Gasteiger partial charge in [-0.05, 0) is 31.4 Å². The fraction of sp³-hybridized carbons (Fsp3) is 0.529. The zero-order chi connectivity index (χ0) is 16.6. The van der Waals surface area contributed by atoms with Gasteiger partial charge >= 0.3 is 6.03 Å². The number of aliphatic hydroxyl groups is 1. The molecule has 0 radical (unpaired) electrons. The van der Waals surface area contributed by atoms with Crippen LogP contribution in [0.25, 0.3) is 0 Å². The number of benzene rings is 1. The summed E-state index contributed by atoms with van der Waals surface area (Å²) < 4.78 is 0. The Balaban J connectivity index is 1.57. The van der Waals surface area contributed by atoms with E-state index in [0.29, 0.717) is 6.54 Å². The molecular formula is C17H23N3O3. The summed E-state index contributed by atoms with van der Waals surface area (Å²) in [6, 6.07) is 7.88. The molecule has 1 aromatic carbocycles. The Kier molecular flexibility index (Phi) is 4.12. The number of carbonyl (C=O) groups is 2. The number of urea groups is 1. The monoisotopic (exact) mass is 317 g/mol. The lowest BCUT2D eigenvalue weighted by molar-refractivity contribution is -0.131. The number of fused-ring (bicyclic) bond motifs is 1. The van der Waals surface area contributed by atoms with E-state index in [2.05, 4.69) is 22.3 Å². The highest BCUT2D eigenvalue weighted by atomic mass is 16.3. The van der Waals surface area contributed by atoms with E-state index in [9.17, 15) is 14.7 Å². The first-order valence-corrected chi connectivity index (χ1v) is 7.98. The predicted octanol–water partition coefficient (Wildman–Crippen LogP) is 0.736. The van der Waals surface area contributed by atoms with Crippen LogP contribution < -0.4 is 5.32 Å². The Labute approximate surface area is 136 Å². The van der Waals surface area contributed by atoms with Gasteiger partial charge in [-0.25, -0.2) is 4.79 Å². The maximum atomic E-state index is 12.1. The van der Waals surface area contributed by atoms with Crippen LogP contribution in [0.5, 0.6) is 0 Å². The fourth-order valence-corrected chi connectivity index (χ4v) is 3.26. The molecule has 6 heteroatoms. The normalized spacial score (nSPS) is 22.0. The summed E-state index contributed by atoms with van der Waals surface area (Å²) in [4.78, 5) is 27.3. The first-order chi connectivity index (χ1) is 10.9. The minimum absolute atomic E-state index is 0.0340. The molecule has 1 fully saturated rings. The van der Waals surface area contributed by atoms with Crippen molar-refractivity contribution >= 4 is 11.9 Å². The molecule has 2 heterocycles. The molecule has 0 unspecified atom stereocenters. The van der Waals surface area contributed by atoms with Crippen molar-refractivity contribution in [3.05, 3.63) is 35.4 Å². The lowest BCUT2D eigenvalue weighted by atomic mass is 10.00. The molecule has 0 spiro atoms. The van der Waals surface area contributed by atoms with Crippen LogP contribution in [0, 0.1) is 0 Å². The predicted molar refractivity (Wildman–Crippen MR) is 85.8 cm³/mol. The van der Waals surface area contributed by atoms with Crippen molar-refractivity contribution in [1.82, 2.24) is 15.1 Å². The van der Waals surface area contributed by atoms with Crippen molar-refractivity contribution in [2.24, 2.45) is 0 Å². The summed E-state index contributed by atoms with van der Waals surface area (Å²) >= 11 is 0. The van der Waals surface area contributed by atoms with Crippen molar-refractivity contribution in [3.63, 3.8) is 0 Å². The lowest BCUT2D eigenvalue weighted by Crippen LogP contribution is -2.45. The van der Waals surface area contributed by atoms with Crippen LogP contribution in [-0.4, -0.2) is 58.1 Å². The van der Waals surface area contributed by atoms with Gasteiger partial charge in [-0.15, -0.1) is 0 Å². The molecule has 1 atom stereocenters. The number of nitrogens with one attached hydrogen (secondary N) is 1. The maximum absolute atomic E-state index is 12.1. The van der Waals surface area contributed by atoms with Gasteiger partial charge in [0.1, 0.15) is 5.54 Å². The second-order valence-corrected chi connectivity index (χ2v) is 6.88. The number of hydrogen-bond acceptors (Lipinski definition) is 4. The van der Waals surface area contributed by atoms with E-state index in [1.54, 1.807) is 13.8 Å². The Morgan fingerprint density at radius 2 is 1.91 bits per heavy atom. The van der Waals surface area contributed by atoms with Gasteiger partial charge in [0.05, 0.1) is 12.6 Å². The van der Waals surface area contributed by atoms with Gasteiger partial charge < -0.3 is 10.4 Å². The molecule has 23 heavy (non-hydrogen) atoms. The van der Waals surface area contributed by atoms with Crippen LogP contribution in [0.2, 0.25) is 0 Å². The zero-order valence-corrected chi connectivity index (χ0v) is 13.6. The average Bonchev–Trinajstić information content (AvgIpc) is 2.69. The van der Waals surface area contributed by atoms with Crippen LogP contribution in [0.4, 0.5) is 4.79 Å². The summed E-state index contributed by atoms with van der Waals surface area (Å²) in [7, 11) is 0. The highest BCUT2D eigenvalue weighted by Gasteiger charge is 2.44. The quantitative estimate of drug-likeness (QED) is 0.803. The standard InChI is InChI=1S/C17H23N3O3/c1-17(2)15(22)20(16(23)18-17)11-14(21)10-19-8-7-12-5-3-4-6-13(12)9-19/h3-6,14,21H,7-11H2,1-2H3,(H,18,23)/t14-/m0/s1. The Hall–Kier alpha value is -1.92. The van der Waals surface area contributed by atoms with Gasteiger partial charge in [0.15, 0.2) is 0 Å². The van der Waals surface area contributed by atoms with E-state index < -0.39 is 17.7 Å². The second kappa shape index (κ2) is 5.94. The van der Waals surface area contributed by atoms with E-state index in [-0.39, 0.29) is 12.5 Å². The number of imide groups is 1. The third-order valence-corrected chi connectivity index (χ3v) is 4.52. The van der Waals surface area contributed by atoms with Crippen LogP contribution in [0.3, 0.4) is 0 Å². The number of rotatable bonds is 4. The molecule has 2 aliphatic heterocycles. The van der Waals surface area contributed by atoms with E-state index >= 15 is 0 Å². The van der Waals surface area contributed by atoms with Crippen LogP contribution in [0.1, 0.15) is 25.0 Å².